The van der Waals surface area contributed by atoms with Crippen molar-refractivity contribution in [3.05, 3.63) is 0 Å². The highest BCUT2D eigenvalue weighted by molar-refractivity contribution is 7.87. The van der Waals surface area contributed by atoms with Crippen LogP contribution in [0.2, 0.25) is 0 Å². The minimum absolute atomic E-state index is 0.124. The molecule has 4 saturated carbocycles. The van der Waals surface area contributed by atoms with Crippen LogP contribution in [0.4, 0.5) is 13.2 Å². The zero-order valence-corrected chi connectivity index (χ0v) is 20.2. The Morgan fingerprint density at radius 1 is 0.818 bits per heavy atom. The molecular weight excluding hydrogens is 457 g/mol. The molecule has 0 radical (unpaired) electrons. The van der Waals surface area contributed by atoms with Crippen LogP contribution >= 0.6 is 0 Å². The van der Waals surface area contributed by atoms with Crippen molar-refractivity contribution in [3.8, 4) is 0 Å². The molecule has 5 fully saturated rings. The molecule has 5 rings (SSSR count). The van der Waals surface area contributed by atoms with Crippen LogP contribution in [0.25, 0.3) is 0 Å². The van der Waals surface area contributed by atoms with Crippen molar-refractivity contribution in [1.29, 1.82) is 0 Å². The first kappa shape index (κ1) is 24.3. The van der Waals surface area contributed by atoms with Gasteiger partial charge in [-0.1, -0.05) is 38.5 Å². The highest BCUT2D eigenvalue weighted by atomic mass is 32.2. The number of fused-ring (bicyclic) bond motifs is 4. The Morgan fingerprint density at radius 2 is 1.36 bits per heavy atom. The molecule has 5 nitrogen and oxygen atoms in total. The summed E-state index contributed by atoms with van der Waals surface area (Å²) in [4.78, 5) is 0. The van der Waals surface area contributed by atoms with E-state index in [2.05, 4.69) is 0 Å². The van der Waals surface area contributed by atoms with Gasteiger partial charge in [0.05, 0.1) is 12.2 Å². The van der Waals surface area contributed by atoms with E-state index in [0.717, 1.165) is 25.7 Å². The summed E-state index contributed by atoms with van der Waals surface area (Å²) < 4.78 is 89.7. The van der Waals surface area contributed by atoms with Crippen LogP contribution in [0.5, 0.6) is 0 Å². The van der Waals surface area contributed by atoms with Gasteiger partial charge in [-0.25, -0.2) is 4.39 Å². The number of ether oxygens (including phenoxy) is 2. The molecule has 5 aliphatic rings. The Kier molecular flexibility index (Phi) is 6.15. The Balaban J connectivity index is 1.39. The van der Waals surface area contributed by atoms with E-state index in [1.54, 1.807) is 0 Å². The van der Waals surface area contributed by atoms with E-state index < -0.39 is 38.7 Å². The molecule has 4 aliphatic carbocycles. The van der Waals surface area contributed by atoms with Crippen LogP contribution in [0, 0.1) is 29.6 Å². The minimum atomic E-state index is -5.86. The van der Waals surface area contributed by atoms with Gasteiger partial charge in [-0.05, 0) is 63.7 Å². The van der Waals surface area contributed by atoms with Crippen LogP contribution in [-0.4, -0.2) is 41.9 Å². The smallest absolute Gasteiger partial charge is 0.343 e. The predicted molar refractivity (Wildman–Crippen MR) is 116 cm³/mol. The second kappa shape index (κ2) is 8.34. The van der Waals surface area contributed by atoms with Gasteiger partial charge in [0.2, 0.25) is 0 Å². The minimum Gasteiger partial charge on any atom is -0.343 e. The van der Waals surface area contributed by atoms with E-state index in [-0.39, 0.29) is 24.5 Å². The highest BCUT2D eigenvalue weighted by Gasteiger charge is 2.70. The third-order valence-electron chi connectivity index (χ3n) is 9.69. The van der Waals surface area contributed by atoms with Gasteiger partial charge in [0.1, 0.15) is 0 Å². The fourth-order valence-corrected chi connectivity index (χ4v) is 8.71. The fraction of sp³-hybridized carbons (Fsp3) is 1.00. The summed E-state index contributed by atoms with van der Waals surface area (Å²) >= 11 is 0. The Bertz CT molecular complexity index is 817. The molecule has 190 valence electrons. The van der Waals surface area contributed by atoms with E-state index in [9.17, 15) is 17.2 Å². The van der Waals surface area contributed by atoms with Crippen LogP contribution in [-0.2, 0) is 19.6 Å². The second-order valence-electron chi connectivity index (χ2n) is 11.5. The Morgan fingerprint density at radius 3 is 1.88 bits per heavy atom. The molecule has 0 aromatic carbocycles. The fourth-order valence-electron chi connectivity index (χ4n) is 8.06. The molecule has 6 unspecified atom stereocenters. The molecule has 0 aromatic heterocycles. The Hall–Kier alpha value is -0.380. The number of hydrogen-bond acceptors (Lipinski definition) is 4. The maximum atomic E-state index is 15.4. The average molecular weight is 495 g/mol. The molecule has 1 N–H and O–H groups in total. The van der Waals surface area contributed by atoms with E-state index in [0.29, 0.717) is 31.6 Å². The molecule has 9 heteroatoms. The summed E-state index contributed by atoms with van der Waals surface area (Å²) in [5.41, 5.74) is -3.36. The van der Waals surface area contributed by atoms with Gasteiger partial charge in [0, 0.05) is 17.8 Å². The lowest BCUT2D eigenvalue weighted by Crippen LogP contribution is -2.53. The van der Waals surface area contributed by atoms with Gasteiger partial charge in [-0.15, -0.1) is 0 Å². The van der Waals surface area contributed by atoms with Crippen molar-refractivity contribution in [2.75, 3.05) is 0 Å². The zero-order chi connectivity index (χ0) is 23.6. The monoisotopic (exact) mass is 494 g/mol. The van der Waals surface area contributed by atoms with Crippen molar-refractivity contribution in [1.82, 2.24) is 0 Å². The van der Waals surface area contributed by atoms with Crippen LogP contribution in [0.3, 0.4) is 0 Å². The lowest BCUT2D eigenvalue weighted by atomic mass is 9.72. The van der Waals surface area contributed by atoms with Gasteiger partial charge < -0.3 is 9.47 Å². The van der Waals surface area contributed by atoms with E-state index in [4.69, 9.17) is 14.0 Å². The highest BCUT2D eigenvalue weighted by Crippen LogP contribution is 2.61. The van der Waals surface area contributed by atoms with Gasteiger partial charge in [-0.3, -0.25) is 4.55 Å². The molecule has 1 saturated heterocycles. The van der Waals surface area contributed by atoms with Crippen molar-refractivity contribution in [3.63, 3.8) is 0 Å². The second-order valence-corrected chi connectivity index (χ2v) is 13.0. The van der Waals surface area contributed by atoms with E-state index in [1.807, 2.05) is 0 Å². The molecule has 0 aromatic rings. The van der Waals surface area contributed by atoms with Gasteiger partial charge in [-0.2, -0.15) is 17.2 Å². The van der Waals surface area contributed by atoms with Gasteiger partial charge in [0.15, 0.2) is 11.5 Å². The molecule has 2 bridgehead atoms. The maximum absolute atomic E-state index is 15.4. The third kappa shape index (κ3) is 3.78. The van der Waals surface area contributed by atoms with Crippen molar-refractivity contribution < 1.29 is 35.6 Å². The molecule has 0 spiro atoms. The summed E-state index contributed by atoms with van der Waals surface area (Å²) in [5.74, 6) is -1.67. The molecule has 0 amide bonds. The normalized spacial score (nSPS) is 39.8. The lowest BCUT2D eigenvalue weighted by molar-refractivity contribution is -0.258. The van der Waals surface area contributed by atoms with E-state index in [1.165, 1.54) is 38.5 Å². The maximum Gasteiger partial charge on any atom is 0.402 e. The lowest BCUT2D eigenvalue weighted by Gasteiger charge is -2.45. The van der Waals surface area contributed by atoms with Crippen LogP contribution in [0.1, 0.15) is 90.4 Å². The molecular formula is C24H37F3O5S. The van der Waals surface area contributed by atoms with E-state index >= 15 is 4.39 Å². The number of halogens is 3. The van der Waals surface area contributed by atoms with Crippen LogP contribution in [0.15, 0.2) is 0 Å². The number of hydrogen-bond donors (Lipinski definition) is 1. The van der Waals surface area contributed by atoms with Crippen molar-refractivity contribution in [2.45, 2.75) is 119 Å². The molecule has 1 aliphatic heterocycles. The third-order valence-corrected chi connectivity index (χ3v) is 10.7. The SMILES string of the molecule is CC(F)(C1CC2CC1CC1OC(C3CCCCC3)(C3CCCCC3)OC21)C(F)(F)S(=O)(=O)O. The molecule has 6 atom stereocenters. The summed E-state index contributed by atoms with van der Waals surface area (Å²) in [5, 5.41) is -4.85. The van der Waals surface area contributed by atoms with Crippen molar-refractivity contribution >= 4 is 10.1 Å². The summed E-state index contributed by atoms with van der Waals surface area (Å²) in [6.07, 6.45) is 12.0. The molecule has 33 heavy (non-hydrogen) atoms. The standard InChI is InChI=1S/C24H37F3O5S/c1-22(25,24(26,27)33(28,29)30)19-13-16-12-15(19)14-20-21(16)32-23(31-20,17-8-4-2-5-9-17)18-10-6-3-7-11-18/h15-21H,2-14H2,1H3,(H,28,29,30). The predicted octanol–water partition coefficient (Wildman–Crippen LogP) is 5.88. The largest absolute Gasteiger partial charge is 0.402 e. The first-order valence-corrected chi connectivity index (χ1v) is 14.3. The quantitative estimate of drug-likeness (QED) is 0.483. The topological polar surface area (TPSA) is 72.8 Å². The first-order chi connectivity index (χ1) is 15.5. The van der Waals surface area contributed by atoms with Gasteiger partial charge in [0.25, 0.3) is 0 Å². The summed E-state index contributed by atoms with van der Waals surface area (Å²) in [6.45, 7) is 0.623. The number of rotatable bonds is 5. The van der Waals surface area contributed by atoms with Crippen LogP contribution < -0.4 is 0 Å². The van der Waals surface area contributed by atoms with Gasteiger partial charge >= 0.3 is 15.4 Å². The number of alkyl halides is 3. The average Bonchev–Trinajstić information content (AvgIpc) is 3.35. The molecule has 1 heterocycles. The zero-order valence-electron chi connectivity index (χ0n) is 19.4. The summed E-state index contributed by atoms with van der Waals surface area (Å²) in [6, 6.07) is 0. The first-order valence-electron chi connectivity index (χ1n) is 12.9. The van der Waals surface area contributed by atoms with Crippen molar-refractivity contribution in [2.24, 2.45) is 29.6 Å². The summed E-state index contributed by atoms with van der Waals surface area (Å²) in [7, 11) is -5.86. The Labute approximate surface area is 194 Å².